The summed E-state index contributed by atoms with van der Waals surface area (Å²) in [5.74, 6) is 0. The van der Waals surface area contributed by atoms with Gasteiger partial charge in [0.15, 0.2) is 0 Å². The Morgan fingerprint density at radius 1 is 0.765 bits per heavy atom. The van der Waals surface area contributed by atoms with E-state index in [1.807, 2.05) is 0 Å². The highest BCUT2D eigenvalue weighted by Crippen LogP contribution is 2.36. The van der Waals surface area contributed by atoms with E-state index in [0.29, 0.717) is 0 Å². The molecule has 0 radical (unpaired) electrons. The van der Waals surface area contributed by atoms with Crippen molar-refractivity contribution >= 4 is 54.8 Å². The summed E-state index contributed by atoms with van der Waals surface area (Å²) in [6.45, 7) is 0. The van der Waals surface area contributed by atoms with E-state index in [0.717, 1.165) is 24.6 Å². The fourth-order valence-corrected chi connectivity index (χ4v) is 4.64. The monoisotopic (exact) mass is 556 g/mol. The molecule has 0 saturated carbocycles. The lowest BCUT2D eigenvalue weighted by molar-refractivity contribution is -0.385. The van der Waals surface area contributed by atoms with Gasteiger partial charge in [0.1, 0.15) is 22.3 Å². The third-order valence-corrected chi connectivity index (χ3v) is 6.15. The lowest BCUT2D eigenvalue weighted by atomic mass is 9.98. The molecule has 0 aliphatic heterocycles. The summed E-state index contributed by atoms with van der Waals surface area (Å²) in [7, 11) is -8.11. The molecule has 0 spiro atoms. The maximum absolute atomic E-state index is 11.8. The molecule has 34 heavy (non-hydrogen) atoms. The van der Waals surface area contributed by atoms with Crippen LogP contribution in [0.4, 0.5) is 11.4 Å². The molecule has 12 nitrogen and oxygen atoms in total. The van der Waals surface area contributed by atoms with E-state index in [1.54, 1.807) is 0 Å². The second-order valence-corrected chi connectivity index (χ2v) is 11.1. The molecular weight excluding hydrogens is 539 g/mol. The van der Waals surface area contributed by atoms with Crippen LogP contribution >= 0.6 is 23.2 Å². The van der Waals surface area contributed by atoms with Crippen molar-refractivity contribution in [1.82, 2.24) is 0 Å². The first kappa shape index (κ1) is 27.9. The number of rotatable bonds is 11. The molecule has 0 amide bonds. The molecule has 2 aromatic carbocycles. The van der Waals surface area contributed by atoms with Crippen LogP contribution in [0.25, 0.3) is 0 Å². The van der Waals surface area contributed by atoms with Crippen LogP contribution in [0.15, 0.2) is 36.4 Å². The molecule has 0 fully saturated rings. The van der Waals surface area contributed by atoms with Crippen molar-refractivity contribution in [2.45, 2.75) is 25.0 Å². The van der Waals surface area contributed by atoms with Crippen LogP contribution in [0, 0.1) is 20.2 Å². The molecule has 0 unspecified atom stereocenters. The first-order valence-corrected chi connectivity index (χ1v) is 13.6. The summed E-state index contributed by atoms with van der Waals surface area (Å²) in [4.78, 5) is 20.9. The van der Waals surface area contributed by atoms with E-state index in [-0.39, 0.29) is 34.0 Å². The number of halogens is 2. The summed E-state index contributed by atoms with van der Waals surface area (Å²) < 4.78 is 57.3. The molecule has 2 atom stereocenters. The number of nitrogens with zero attached hydrogens (tertiary/aromatic N) is 2. The zero-order chi connectivity index (χ0) is 25.8. The predicted octanol–water partition coefficient (Wildman–Crippen LogP) is 4.32. The van der Waals surface area contributed by atoms with Crippen LogP contribution in [0.1, 0.15) is 36.2 Å². The molecule has 2 aromatic rings. The molecule has 186 valence electrons. The highest BCUT2D eigenvalue weighted by Gasteiger charge is 2.27. The zero-order valence-electron chi connectivity index (χ0n) is 17.6. The molecule has 0 aliphatic carbocycles. The summed E-state index contributed by atoms with van der Waals surface area (Å²) in [6, 6.07) is 7.12. The van der Waals surface area contributed by atoms with E-state index >= 15 is 0 Å². The normalized spacial score (nSPS) is 13.9. The molecular formula is C18H18Cl2N2O10S2. The number of hydrogen-bond acceptors (Lipinski definition) is 10. The number of nitro groups is 2. The average molecular weight is 557 g/mol. The molecule has 0 aromatic heterocycles. The van der Waals surface area contributed by atoms with Crippen LogP contribution in [0.5, 0.6) is 0 Å². The fourth-order valence-electron chi connectivity index (χ4n) is 3.01. The quantitative estimate of drug-likeness (QED) is 0.220. The summed E-state index contributed by atoms with van der Waals surface area (Å²) in [6.07, 6.45) is -1.42. The van der Waals surface area contributed by atoms with Gasteiger partial charge in [0.2, 0.25) is 0 Å². The lowest BCUT2D eigenvalue weighted by Crippen LogP contribution is -2.15. The van der Waals surface area contributed by atoms with E-state index in [1.165, 1.54) is 24.3 Å². The number of hydrogen-bond donors (Lipinski definition) is 0. The summed E-state index contributed by atoms with van der Waals surface area (Å²) >= 11 is 11.6. The van der Waals surface area contributed by atoms with Gasteiger partial charge in [-0.3, -0.25) is 28.6 Å². The minimum atomic E-state index is -4.05. The third-order valence-electron chi connectivity index (χ3n) is 4.35. The molecule has 0 aliphatic rings. The van der Waals surface area contributed by atoms with Gasteiger partial charge >= 0.3 is 0 Å². The SMILES string of the molecule is CS(=O)(=O)O[C@H](CC[C@@H](OS(C)(=O)=O)c1ccc(Cl)c([N+](=O)[O-])c1)c1ccc(Cl)c([N+](=O)[O-])c1. The second kappa shape index (κ2) is 10.9. The Hall–Kier alpha value is -2.36. The topological polar surface area (TPSA) is 173 Å². The van der Waals surface area contributed by atoms with E-state index in [9.17, 15) is 37.1 Å². The Morgan fingerprint density at radius 2 is 1.09 bits per heavy atom. The molecule has 0 N–H and O–H groups in total. The average Bonchev–Trinajstić information content (AvgIpc) is 2.68. The van der Waals surface area contributed by atoms with Crippen molar-refractivity contribution in [2.24, 2.45) is 0 Å². The van der Waals surface area contributed by atoms with Gasteiger partial charge in [-0.1, -0.05) is 35.3 Å². The fraction of sp³-hybridized carbons (Fsp3) is 0.333. The molecule has 0 bridgehead atoms. The van der Waals surface area contributed by atoms with E-state index in [2.05, 4.69) is 0 Å². The van der Waals surface area contributed by atoms with Gasteiger partial charge in [-0.05, 0) is 36.1 Å². The Kier molecular flexibility index (Phi) is 8.96. The number of benzene rings is 2. The van der Waals surface area contributed by atoms with Gasteiger partial charge in [-0.2, -0.15) is 16.8 Å². The first-order valence-electron chi connectivity index (χ1n) is 9.21. The maximum atomic E-state index is 11.8. The van der Waals surface area contributed by atoms with Crippen molar-refractivity contribution in [2.75, 3.05) is 12.5 Å². The van der Waals surface area contributed by atoms with Crippen molar-refractivity contribution in [3.63, 3.8) is 0 Å². The summed E-state index contributed by atoms with van der Waals surface area (Å²) in [5, 5.41) is 22.1. The highest BCUT2D eigenvalue weighted by molar-refractivity contribution is 7.86. The first-order chi connectivity index (χ1) is 15.6. The highest BCUT2D eigenvalue weighted by atomic mass is 35.5. The van der Waals surface area contributed by atoms with Crippen molar-refractivity contribution < 1.29 is 35.0 Å². The molecule has 0 saturated heterocycles. The smallest absolute Gasteiger partial charge is 0.262 e. The largest absolute Gasteiger partial charge is 0.288 e. The van der Waals surface area contributed by atoms with Gasteiger partial charge < -0.3 is 0 Å². The van der Waals surface area contributed by atoms with Crippen LogP contribution in [-0.4, -0.2) is 39.2 Å². The van der Waals surface area contributed by atoms with Crippen LogP contribution < -0.4 is 0 Å². The Labute approximate surface area is 204 Å². The Bertz CT molecular complexity index is 1210. The lowest BCUT2D eigenvalue weighted by Gasteiger charge is -2.21. The van der Waals surface area contributed by atoms with Gasteiger partial charge in [-0.25, -0.2) is 0 Å². The molecule has 2 rings (SSSR count). The Balaban J connectivity index is 2.46. The van der Waals surface area contributed by atoms with E-state index in [4.69, 9.17) is 31.6 Å². The number of nitro benzene ring substituents is 2. The van der Waals surface area contributed by atoms with Crippen LogP contribution in [0.3, 0.4) is 0 Å². The molecule has 16 heteroatoms. The minimum absolute atomic E-state index is 0.0849. The molecule has 0 heterocycles. The standard InChI is InChI=1S/C18H18Cl2N2O10S2/c1-33(27,28)31-17(11-3-5-13(19)15(9-11)21(23)24)7-8-18(32-34(2,29)30)12-4-6-14(20)16(10-12)22(25)26/h3-6,9-10,17-18H,7-8H2,1-2H3/t17-,18-/m1/s1. The van der Waals surface area contributed by atoms with Crippen molar-refractivity contribution in [3.05, 3.63) is 77.8 Å². The Morgan fingerprint density at radius 3 is 1.35 bits per heavy atom. The zero-order valence-corrected chi connectivity index (χ0v) is 20.7. The van der Waals surface area contributed by atoms with E-state index < -0.39 is 53.7 Å². The van der Waals surface area contributed by atoms with Crippen molar-refractivity contribution in [1.29, 1.82) is 0 Å². The second-order valence-electron chi connectivity index (χ2n) is 7.09. The maximum Gasteiger partial charge on any atom is 0.288 e. The van der Waals surface area contributed by atoms with Crippen LogP contribution in [0.2, 0.25) is 10.0 Å². The van der Waals surface area contributed by atoms with Crippen molar-refractivity contribution in [3.8, 4) is 0 Å². The predicted molar refractivity (Wildman–Crippen MR) is 123 cm³/mol. The minimum Gasteiger partial charge on any atom is -0.262 e. The third kappa shape index (κ3) is 8.14. The van der Waals surface area contributed by atoms with Gasteiger partial charge in [0.25, 0.3) is 31.6 Å². The summed E-state index contributed by atoms with van der Waals surface area (Å²) in [5.41, 5.74) is -0.805. The van der Waals surface area contributed by atoms with Gasteiger partial charge in [0, 0.05) is 12.1 Å². The van der Waals surface area contributed by atoms with Gasteiger partial charge in [-0.15, -0.1) is 0 Å². The van der Waals surface area contributed by atoms with Gasteiger partial charge in [0.05, 0.1) is 22.4 Å². The van der Waals surface area contributed by atoms with Crippen LogP contribution in [-0.2, 0) is 28.6 Å².